The number of piperazine rings is 1. The molecule has 29 heavy (non-hydrogen) atoms. The fourth-order valence-corrected chi connectivity index (χ4v) is 4.69. The van der Waals surface area contributed by atoms with Gasteiger partial charge in [0.25, 0.3) is 0 Å². The van der Waals surface area contributed by atoms with Gasteiger partial charge >= 0.3 is 0 Å². The number of anilines is 1. The van der Waals surface area contributed by atoms with Gasteiger partial charge in [0.15, 0.2) is 5.11 Å². The van der Waals surface area contributed by atoms with Crippen LogP contribution in [0.1, 0.15) is 32.1 Å². The van der Waals surface area contributed by atoms with Crippen LogP contribution in [0.4, 0.5) is 5.69 Å². The van der Waals surface area contributed by atoms with Gasteiger partial charge in [0.05, 0.1) is 0 Å². The van der Waals surface area contributed by atoms with E-state index in [0.717, 1.165) is 55.4 Å². The van der Waals surface area contributed by atoms with Gasteiger partial charge in [-0.1, -0.05) is 67.8 Å². The third-order valence-corrected chi connectivity index (χ3v) is 6.45. The minimum atomic E-state index is 0.248. The van der Waals surface area contributed by atoms with Crippen LogP contribution in [-0.2, 0) is 4.79 Å². The van der Waals surface area contributed by atoms with Crippen LogP contribution in [0.15, 0.2) is 54.6 Å². The number of rotatable bonds is 3. The Hall–Kier alpha value is -2.40. The van der Waals surface area contributed by atoms with E-state index >= 15 is 0 Å². The lowest BCUT2D eigenvalue weighted by molar-refractivity contribution is -0.137. The summed E-state index contributed by atoms with van der Waals surface area (Å²) in [5, 5.41) is 4.17. The summed E-state index contributed by atoms with van der Waals surface area (Å²) in [6.45, 7) is 3.10. The van der Waals surface area contributed by atoms with Gasteiger partial charge < -0.3 is 15.1 Å². The summed E-state index contributed by atoms with van der Waals surface area (Å²) < 4.78 is 0. The number of hydrogen-bond acceptors (Lipinski definition) is 2. The minimum absolute atomic E-state index is 0.248. The lowest BCUT2D eigenvalue weighted by atomic mass is 9.88. The maximum absolute atomic E-state index is 12.8. The summed E-state index contributed by atoms with van der Waals surface area (Å²) in [5.41, 5.74) is 3.33. The van der Waals surface area contributed by atoms with E-state index in [1.165, 1.54) is 24.8 Å². The van der Waals surface area contributed by atoms with Crippen molar-refractivity contribution in [3.63, 3.8) is 0 Å². The highest BCUT2D eigenvalue weighted by atomic mass is 32.1. The van der Waals surface area contributed by atoms with Crippen molar-refractivity contribution in [1.82, 2.24) is 9.80 Å². The molecule has 152 valence electrons. The molecule has 5 heteroatoms. The number of nitrogens with zero attached hydrogens (tertiary/aromatic N) is 2. The Morgan fingerprint density at radius 1 is 0.828 bits per heavy atom. The lowest BCUT2D eigenvalue weighted by Crippen LogP contribution is -2.53. The summed E-state index contributed by atoms with van der Waals surface area (Å²) in [4.78, 5) is 17.0. The van der Waals surface area contributed by atoms with E-state index in [9.17, 15) is 4.79 Å². The van der Waals surface area contributed by atoms with Crippen molar-refractivity contribution >= 4 is 28.9 Å². The van der Waals surface area contributed by atoms with Crippen LogP contribution >= 0.6 is 12.2 Å². The summed E-state index contributed by atoms with van der Waals surface area (Å²) in [5.74, 6) is 0.607. The molecule has 2 aliphatic rings. The minimum Gasteiger partial charge on any atom is -0.345 e. The van der Waals surface area contributed by atoms with E-state index in [-0.39, 0.29) is 5.92 Å². The van der Waals surface area contributed by atoms with E-state index in [4.69, 9.17) is 12.2 Å². The Morgan fingerprint density at radius 2 is 1.45 bits per heavy atom. The Morgan fingerprint density at radius 3 is 2.17 bits per heavy atom. The number of benzene rings is 2. The highest BCUT2D eigenvalue weighted by molar-refractivity contribution is 7.80. The molecule has 0 bridgehead atoms. The van der Waals surface area contributed by atoms with Crippen molar-refractivity contribution in [3.8, 4) is 11.1 Å². The maximum atomic E-state index is 12.8. The van der Waals surface area contributed by atoms with Crippen LogP contribution < -0.4 is 5.32 Å². The Balaban J connectivity index is 1.36. The SMILES string of the molecule is O=C(C1CCCCC1)N1CCN(C(=S)Nc2ccccc2-c2ccccc2)CC1. The zero-order valence-corrected chi connectivity index (χ0v) is 17.7. The molecule has 1 aliphatic carbocycles. The number of hydrogen-bond donors (Lipinski definition) is 1. The largest absolute Gasteiger partial charge is 0.345 e. The average Bonchev–Trinajstić information content (AvgIpc) is 2.80. The number of carbonyl (C=O) groups is 1. The summed E-state index contributed by atoms with van der Waals surface area (Å²) in [6, 6.07) is 18.6. The standard InChI is InChI=1S/C24H29N3OS/c28-23(20-11-5-2-6-12-20)26-15-17-27(18-16-26)24(29)25-22-14-8-7-13-21(22)19-9-3-1-4-10-19/h1,3-4,7-10,13-14,20H,2,5-6,11-12,15-18H2,(H,25,29). The van der Waals surface area contributed by atoms with Crippen molar-refractivity contribution in [2.45, 2.75) is 32.1 Å². The third kappa shape index (κ3) is 4.78. The summed E-state index contributed by atoms with van der Waals surface area (Å²) in [6.07, 6.45) is 5.81. The molecule has 1 aliphatic heterocycles. The molecule has 1 amide bonds. The smallest absolute Gasteiger partial charge is 0.225 e. The zero-order chi connectivity index (χ0) is 20.1. The van der Waals surface area contributed by atoms with Gasteiger partial charge in [-0.25, -0.2) is 0 Å². The Labute approximate surface area is 178 Å². The molecule has 0 spiro atoms. The number of thiocarbonyl (C=S) groups is 1. The van der Waals surface area contributed by atoms with Gasteiger partial charge in [-0.2, -0.15) is 0 Å². The highest BCUT2D eigenvalue weighted by Gasteiger charge is 2.29. The fraction of sp³-hybridized carbons (Fsp3) is 0.417. The summed E-state index contributed by atoms with van der Waals surface area (Å²) in [7, 11) is 0. The van der Waals surface area contributed by atoms with Crippen molar-refractivity contribution < 1.29 is 4.79 Å². The van der Waals surface area contributed by atoms with Gasteiger partial charge in [0.2, 0.25) is 5.91 Å². The molecule has 1 N–H and O–H groups in total. The van der Waals surface area contributed by atoms with Crippen LogP contribution in [-0.4, -0.2) is 47.0 Å². The Bertz CT molecular complexity index is 840. The second-order valence-corrected chi connectivity index (χ2v) is 8.38. The molecule has 2 aromatic carbocycles. The van der Waals surface area contributed by atoms with Crippen molar-refractivity contribution in [2.75, 3.05) is 31.5 Å². The second-order valence-electron chi connectivity index (χ2n) is 7.99. The van der Waals surface area contributed by atoms with Crippen molar-refractivity contribution in [2.24, 2.45) is 5.92 Å². The summed E-state index contributed by atoms with van der Waals surface area (Å²) >= 11 is 5.71. The predicted molar refractivity (Wildman–Crippen MR) is 123 cm³/mol. The van der Waals surface area contributed by atoms with E-state index in [0.29, 0.717) is 5.91 Å². The first kappa shape index (κ1) is 19.9. The van der Waals surface area contributed by atoms with Crippen LogP contribution in [0.2, 0.25) is 0 Å². The van der Waals surface area contributed by atoms with E-state index in [1.807, 2.05) is 35.2 Å². The lowest BCUT2D eigenvalue weighted by Gasteiger charge is -2.38. The number of nitrogens with one attached hydrogen (secondary N) is 1. The molecule has 0 atom stereocenters. The first-order valence-corrected chi connectivity index (χ1v) is 11.1. The first-order valence-electron chi connectivity index (χ1n) is 10.7. The molecule has 4 nitrogen and oxygen atoms in total. The second kappa shape index (κ2) is 9.40. The van der Waals surface area contributed by atoms with Crippen LogP contribution in [0.5, 0.6) is 0 Å². The van der Waals surface area contributed by atoms with Gasteiger partial charge in [0, 0.05) is 43.3 Å². The van der Waals surface area contributed by atoms with Gasteiger partial charge in [0.1, 0.15) is 0 Å². The molecule has 0 radical (unpaired) electrons. The van der Waals surface area contributed by atoms with Crippen molar-refractivity contribution in [1.29, 1.82) is 0 Å². The molecular weight excluding hydrogens is 378 g/mol. The Kier molecular flexibility index (Phi) is 6.45. The molecule has 1 heterocycles. The van der Waals surface area contributed by atoms with Gasteiger partial charge in [-0.15, -0.1) is 0 Å². The first-order chi connectivity index (χ1) is 14.2. The van der Waals surface area contributed by atoms with Crippen LogP contribution in [0.3, 0.4) is 0 Å². The molecular formula is C24H29N3OS. The predicted octanol–water partition coefficient (Wildman–Crippen LogP) is 4.77. The molecule has 0 unspecified atom stereocenters. The average molecular weight is 408 g/mol. The van der Waals surface area contributed by atoms with E-state index in [2.05, 4.69) is 34.5 Å². The zero-order valence-electron chi connectivity index (χ0n) is 16.8. The van der Waals surface area contributed by atoms with Crippen LogP contribution in [0, 0.1) is 5.92 Å². The monoisotopic (exact) mass is 407 g/mol. The number of amides is 1. The fourth-order valence-electron chi connectivity index (χ4n) is 4.39. The third-order valence-electron chi connectivity index (χ3n) is 6.09. The number of carbonyl (C=O) groups excluding carboxylic acids is 1. The normalized spacial score (nSPS) is 17.8. The molecule has 1 saturated heterocycles. The van der Waals surface area contributed by atoms with Gasteiger partial charge in [-0.3, -0.25) is 4.79 Å². The molecule has 2 aromatic rings. The van der Waals surface area contributed by atoms with Gasteiger partial charge in [-0.05, 0) is 36.7 Å². The highest BCUT2D eigenvalue weighted by Crippen LogP contribution is 2.28. The molecule has 0 aromatic heterocycles. The molecule has 1 saturated carbocycles. The van der Waals surface area contributed by atoms with Crippen molar-refractivity contribution in [3.05, 3.63) is 54.6 Å². The quantitative estimate of drug-likeness (QED) is 0.743. The topological polar surface area (TPSA) is 35.6 Å². The molecule has 2 fully saturated rings. The van der Waals surface area contributed by atoms with Crippen LogP contribution in [0.25, 0.3) is 11.1 Å². The van der Waals surface area contributed by atoms with E-state index in [1.54, 1.807) is 0 Å². The molecule has 4 rings (SSSR count). The number of para-hydroxylation sites is 1. The maximum Gasteiger partial charge on any atom is 0.225 e. The van der Waals surface area contributed by atoms with E-state index < -0.39 is 0 Å².